The topological polar surface area (TPSA) is 106 Å². The van der Waals surface area contributed by atoms with Crippen LogP contribution in [0.2, 0.25) is 0 Å². The van der Waals surface area contributed by atoms with E-state index in [-0.39, 0.29) is 23.1 Å². The van der Waals surface area contributed by atoms with E-state index in [1.165, 1.54) is 66.8 Å². The minimum absolute atomic E-state index is 0.164. The highest BCUT2D eigenvalue weighted by molar-refractivity contribution is 9.93. The Hall–Kier alpha value is -3.05. The molecule has 0 bridgehead atoms. The van der Waals surface area contributed by atoms with Gasteiger partial charge in [0, 0.05) is 57.4 Å². The van der Waals surface area contributed by atoms with Crippen LogP contribution < -0.4 is 0 Å². The highest BCUT2D eigenvalue weighted by Crippen LogP contribution is 2.42. The monoisotopic (exact) mass is 1010 g/mol. The Balaban J connectivity index is 0.000000189. The van der Waals surface area contributed by atoms with Crippen molar-refractivity contribution in [2.45, 2.75) is 97.8 Å². The summed E-state index contributed by atoms with van der Waals surface area (Å²) in [4.78, 5) is 57.4. The molecular weight excluding hydrogens is 968 g/mol. The van der Waals surface area contributed by atoms with Crippen LogP contribution in [-0.4, -0.2) is 44.9 Å². The summed E-state index contributed by atoms with van der Waals surface area (Å²) in [5.41, 5.74) is 19.0. The molecule has 0 aliphatic heterocycles. The third-order valence-corrected chi connectivity index (χ3v) is 12.3. The molecule has 6 nitrogen and oxygen atoms in total. The number of carboxylic acid groups (broad SMARTS) is 1. The van der Waals surface area contributed by atoms with Crippen LogP contribution in [0.25, 0.3) is 22.3 Å². The lowest BCUT2D eigenvalue weighted by Crippen LogP contribution is -2.07. The van der Waals surface area contributed by atoms with Gasteiger partial charge in [-0.25, -0.2) is 0 Å². The maximum atomic E-state index is 12.3. The maximum Gasteiger partial charge on any atom is 0.300 e. The molecule has 0 saturated heterocycles. The molecule has 4 aromatic rings. The van der Waals surface area contributed by atoms with E-state index in [2.05, 4.69) is 84.4 Å². The van der Waals surface area contributed by atoms with Crippen molar-refractivity contribution < 1.29 is 29.1 Å². The average Bonchev–Trinajstić information content (AvgIpc) is 4.03. The smallest absolute Gasteiger partial charge is 0.300 e. The van der Waals surface area contributed by atoms with Crippen molar-refractivity contribution in [1.29, 1.82) is 0 Å². The highest BCUT2D eigenvalue weighted by atomic mass is 80.9. The molecule has 294 valence electrons. The van der Waals surface area contributed by atoms with E-state index >= 15 is 0 Å². The number of carbonyl (C=O) groups excluding carboxylic acids is 4. The number of Topliss-reactive ketones (excluding diaryl/α,β-unsaturated/α-hetero) is 4. The molecule has 0 heterocycles. The highest BCUT2D eigenvalue weighted by Gasteiger charge is 2.28. The van der Waals surface area contributed by atoms with Gasteiger partial charge in [-0.3, -0.25) is 24.0 Å². The number of carbonyl (C=O) groups is 5. The first-order valence-electron chi connectivity index (χ1n) is 19.1. The fourth-order valence-electron chi connectivity index (χ4n) is 9.16. The normalized spacial score (nSPS) is 14.1. The van der Waals surface area contributed by atoms with Gasteiger partial charge in [0.2, 0.25) is 0 Å². The zero-order chi connectivity index (χ0) is 40.7. The van der Waals surface area contributed by atoms with E-state index in [0.717, 1.165) is 106 Å². The van der Waals surface area contributed by atoms with Gasteiger partial charge in [-0.1, -0.05) is 80.4 Å². The van der Waals surface area contributed by atoms with E-state index in [9.17, 15) is 19.2 Å². The summed E-state index contributed by atoms with van der Waals surface area (Å²) < 4.78 is 0. The number of halogens is 4. The number of benzene rings is 4. The van der Waals surface area contributed by atoms with E-state index < -0.39 is 5.97 Å². The first kappa shape index (κ1) is 44.1. The van der Waals surface area contributed by atoms with Crippen LogP contribution >= 0.6 is 60.1 Å². The van der Waals surface area contributed by atoms with Gasteiger partial charge < -0.3 is 5.11 Å². The van der Waals surface area contributed by atoms with Crippen LogP contribution in [-0.2, 0) is 56.2 Å². The van der Waals surface area contributed by atoms with E-state index in [1.807, 2.05) is 24.3 Å². The Morgan fingerprint density at radius 3 is 0.875 bits per heavy atom. The number of ketones is 4. The van der Waals surface area contributed by atoms with Gasteiger partial charge in [-0.05, 0) is 158 Å². The summed E-state index contributed by atoms with van der Waals surface area (Å²) in [5, 5.41) is 8.16. The van der Waals surface area contributed by atoms with Crippen molar-refractivity contribution in [2.75, 3.05) is 10.7 Å². The summed E-state index contributed by atoms with van der Waals surface area (Å²) in [5.74, 6) is -0.176. The summed E-state index contributed by atoms with van der Waals surface area (Å²) >= 11 is 12.1. The quantitative estimate of drug-likeness (QED) is 0.139. The van der Waals surface area contributed by atoms with Crippen molar-refractivity contribution in [3.63, 3.8) is 0 Å². The first-order chi connectivity index (χ1) is 27.0. The molecule has 0 atom stereocenters. The Kier molecular flexibility index (Phi) is 15.8. The van der Waals surface area contributed by atoms with Crippen molar-refractivity contribution in [3.8, 4) is 22.3 Å². The minimum Gasteiger partial charge on any atom is -0.481 e. The first-order valence-corrected chi connectivity index (χ1v) is 25.1. The van der Waals surface area contributed by atoms with E-state index in [4.69, 9.17) is 9.90 Å². The molecule has 0 spiro atoms. The van der Waals surface area contributed by atoms with Gasteiger partial charge in [-0.2, -0.15) is 0 Å². The maximum absolute atomic E-state index is 12.3. The molecule has 0 aromatic heterocycles. The number of alkyl halides is 2. The second-order valence-corrected chi connectivity index (χ2v) is 15.8. The van der Waals surface area contributed by atoms with Crippen LogP contribution in [0.15, 0.2) is 48.5 Å². The summed E-state index contributed by atoms with van der Waals surface area (Å²) in [6, 6.07) is 16.5. The lowest BCUT2D eigenvalue weighted by Gasteiger charge is -2.17. The summed E-state index contributed by atoms with van der Waals surface area (Å²) in [6.07, 6.45) is 12.6. The molecule has 4 aliphatic carbocycles. The zero-order valence-corrected chi connectivity index (χ0v) is 38.4. The van der Waals surface area contributed by atoms with Crippen LogP contribution in [0.4, 0.5) is 0 Å². The fourth-order valence-corrected chi connectivity index (χ4v) is 9.76. The molecule has 0 amide bonds. The molecule has 0 unspecified atom stereocenters. The van der Waals surface area contributed by atoms with Crippen LogP contribution in [0.1, 0.15) is 132 Å². The predicted octanol–water partition coefficient (Wildman–Crippen LogP) is 12.0. The average molecular weight is 1010 g/mol. The predicted molar refractivity (Wildman–Crippen MR) is 239 cm³/mol. The number of hydrogen-bond donors (Lipinski definition) is 1. The van der Waals surface area contributed by atoms with Crippen molar-refractivity contribution >= 4 is 89.2 Å². The molecule has 0 fully saturated rings. The molecule has 10 heteroatoms. The molecule has 4 aromatic carbocycles. The third kappa shape index (κ3) is 9.29. The largest absolute Gasteiger partial charge is 0.481 e. The summed E-state index contributed by atoms with van der Waals surface area (Å²) in [6.45, 7) is 4.40. The fraction of sp³-hybridized carbons (Fsp3) is 0.370. The van der Waals surface area contributed by atoms with Gasteiger partial charge in [-0.15, -0.1) is 0 Å². The molecule has 8 rings (SSSR count). The van der Waals surface area contributed by atoms with Crippen LogP contribution in [0.3, 0.4) is 0 Å². The van der Waals surface area contributed by atoms with Crippen molar-refractivity contribution in [3.05, 3.63) is 115 Å². The third-order valence-electron chi connectivity index (χ3n) is 11.3. The van der Waals surface area contributed by atoms with Gasteiger partial charge in [0.1, 0.15) is 0 Å². The Morgan fingerprint density at radius 1 is 0.429 bits per heavy atom. The van der Waals surface area contributed by atoms with Gasteiger partial charge in [0.25, 0.3) is 5.97 Å². The lowest BCUT2D eigenvalue weighted by atomic mass is 9.87. The molecular formula is C46H46Br4O6. The van der Waals surface area contributed by atoms with Gasteiger partial charge >= 0.3 is 0 Å². The number of aliphatic carboxylic acids is 1. The van der Waals surface area contributed by atoms with E-state index in [0.29, 0.717) is 10.7 Å². The zero-order valence-electron chi connectivity index (χ0n) is 32.0. The van der Waals surface area contributed by atoms with E-state index in [1.54, 1.807) is 13.8 Å². The molecule has 0 radical (unpaired) electrons. The molecule has 56 heavy (non-hydrogen) atoms. The molecule has 1 N–H and O–H groups in total. The standard InChI is InChI=1S/C22H20Br2O2.C22H22O2.C2H4O2.Br2/c23-11-21(25)19-9-7-17(13-3-1-5-15(13)19)18-8-10-20(22(26)12-24)16-6-2-4-14(16)18;1-13(23)15-9-11-21(19-7-3-5-17(15)19)22-12-10-16(14(2)24)18-6-4-8-20(18)22;1-2(3)4;1-2/h7-10H,1-6,11-12H2;9-12H,3-8H2,1-2H3;1H3,(H,3,4);. The second kappa shape index (κ2) is 20.1. The number of rotatable bonds is 8. The van der Waals surface area contributed by atoms with Gasteiger partial charge in [0.05, 0.1) is 10.7 Å². The van der Waals surface area contributed by atoms with Crippen LogP contribution in [0, 0.1) is 0 Å². The number of carboxylic acids is 1. The van der Waals surface area contributed by atoms with Crippen LogP contribution in [0.5, 0.6) is 0 Å². The van der Waals surface area contributed by atoms with Crippen molar-refractivity contribution in [2.24, 2.45) is 0 Å². The number of fused-ring (bicyclic) bond motifs is 4. The minimum atomic E-state index is -0.833. The Bertz CT molecular complexity index is 2050. The van der Waals surface area contributed by atoms with Crippen molar-refractivity contribution in [1.82, 2.24) is 0 Å². The Morgan fingerprint density at radius 2 is 0.643 bits per heavy atom. The molecule has 4 aliphatic rings. The van der Waals surface area contributed by atoms with Gasteiger partial charge in [0.15, 0.2) is 23.1 Å². The number of hydrogen-bond acceptors (Lipinski definition) is 5. The summed E-state index contributed by atoms with van der Waals surface area (Å²) in [7, 11) is 0. The second-order valence-electron chi connectivity index (χ2n) is 14.6. The lowest BCUT2D eigenvalue weighted by molar-refractivity contribution is -0.134. The molecule has 0 saturated carbocycles. The Labute approximate surface area is 361 Å². The SMILES string of the molecule is BrBr.CC(=O)O.CC(=O)c1ccc(-c2ccc(C(C)=O)c3c2CCC3)c2c1CCC2.O=C(CBr)c1ccc(-c2ccc(C(=O)CBr)c3c2CCC3)c2c1CCC2.